The lowest BCUT2D eigenvalue weighted by Crippen LogP contribution is -2.11. The smallest absolute Gasteiger partial charge is 0.134 e. The molecule has 0 aliphatic rings. The van der Waals surface area contributed by atoms with Crippen LogP contribution in [0.4, 0.5) is 0 Å². The molecule has 0 aliphatic carbocycles. The molecule has 0 fully saturated rings. The van der Waals surface area contributed by atoms with E-state index in [1.165, 1.54) is 4.70 Å². The lowest BCUT2D eigenvalue weighted by molar-refractivity contribution is 0.0304. The molecule has 1 atom stereocenters. The van der Waals surface area contributed by atoms with Crippen LogP contribution in [0.5, 0.6) is 0 Å². The first kappa shape index (κ1) is 13.3. The van der Waals surface area contributed by atoms with Crippen LogP contribution in [0, 0.1) is 0 Å². The van der Waals surface area contributed by atoms with Crippen LogP contribution < -0.4 is 0 Å². The van der Waals surface area contributed by atoms with Crippen LogP contribution in [0.25, 0.3) is 10.2 Å². The van der Waals surface area contributed by atoms with Gasteiger partial charge in [0.1, 0.15) is 11.1 Å². The van der Waals surface area contributed by atoms with Crippen molar-refractivity contribution in [2.24, 2.45) is 0 Å². The fourth-order valence-corrected chi connectivity index (χ4v) is 3.21. The fourth-order valence-electron chi connectivity index (χ4n) is 2.18. The summed E-state index contributed by atoms with van der Waals surface area (Å²) in [4.78, 5) is 4.74. The standard InChI is InChI=1S/C17H17NOS/c1-12(2)19-16(13-8-4-3-5-9-13)17-18-14-10-6-7-11-15(14)20-17/h3-12,16H,1-2H3. The molecule has 20 heavy (non-hydrogen) atoms. The van der Waals surface area contributed by atoms with Gasteiger partial charge in [0.25, 0.3) is 0 Å². The minimum Gasteiger partial charge on any atom is -0.364 e. The van der Waals surface area contributed by atoms with E-state index in [1.807, 2.05) is 36.4 Å². The number of fused-ring (bicyclic) bond motifs is 1. The van der Waals surface area contributed by atoms with Gasteiger partial charge < -0.3 is 4.74 Å². The van der Waals surface area contributed by atoms with E-state index < -0.39 is 0 Å². The molecular formula is C17H17NOS. The Kier molecular flexibility index (Phi) is 3.81. The highest BCUT2D eigenvalue weighted by molar-refractivity contribution is 7.18. The maximum absolute atomic E-state index is 6.10. The average molecular weight is 283 g/mol. The Morgan fingerprint density at radius 3 is 2.35 bits per heavy atom. The molecule has 0 saturated carbocycles. The molecule has 1 aromatic heterocycles. The van der Waals surface area contributed by atoms with E-state index in [0.717, 1.165) is 16.1 Å². The second kappa shape index (κ2) is 5.73. The molecule has 0 amide bonds. The van der Waals surface area contributed by atoms with Gasteiger partial charge in [0, 0.05) is 0 Å². The van der Waals surface area contributed by atoms with Crippen LogP contribution >= 0.6 is 11.3 Å². The van der Waals surface area contributed by atoms with E-state index >= 15 is 0 Å². The molecule has 3 aromatic rings. The van der Waals surface area contributed by atoms with Crippen molar-refractivity contribution in [3.8, 4) is 0 Å². The predicted molar refractivity (Wildman–Crippen MR) is 84.1 cm³/mol. The lowest BCUT2D eigenvalue weighted by Gasteiger charge is -2.18. The van der Waals surface area contributed by atoms with Crippen molar-refractivity contribution < 1.29 is 4.74 Å². The molecule has 102 valence electrons. The van der Waals surface area contributed by atoms with Gasteiger partial charge >= 0.3 is 0 Å². The molecule has 0 bridgehead atoms. The monoisotopic (exact) mass is 283 g/mol. The van der Waals surface area contributed by atoms with Crippen LogP contribution in [0.3, 0.4) is 0 Å². The van der Waals surface area contributed by atoms with Gasteiger partial charge in [-0.1, -0.05) is 42.5 Å². The van der Waals surface area contributed by atoms with Crippen molar-refractivity contribution in [2.45, 2.75) is 26.1 Å². The Bertz CT molecular complexity index is 657. The fraction of sp³-hybridized carbons (Fsp3) is 0.235. The van der Waals surface area contributed by atoms with Crippen molar-refractivity contribution in [2.75, 3.05) is 0 Å². The van der Waals surface area contributed by atoms with Gasteiger partial charge in [-0.25, -0.2) is 4.98 Å². The third-order valence-electron chi connectivity index (χ3n) is 3.05. The molecule has 3 rings (SSSR count). The third-order valence-corrected chi connectivity index (χ3v) is 4.12. The summed E-state index contributed by atoms with van der Waals surface area (Å²) >= 11 is 1.71. The SMILES string of the molecule is CC(C)OC(c1ccccc1)c1nc2ccccc2s1. The number of nitrogens with zero attached hydrogens (tertiary/aromatic N) is 1. The Morgan fingerprint density at radius 2 is 1.65 bits per heavy atom. The average Bonchev–Trinajstić information content (AvgIpc) is 2.89. The largest absolute Gasteiger partial charge is 0.364 e. The van der Waals surface area contributed by atoms with Gasteiger partial charge in [0.15, 0.2) is 0 Å². The summed E-state index contributed by atoms with van der Waals surface area (Å²) in [6.45, 7) is 4.12. The number of para-hydroxylation sites is 1. The van der Waals surface area contributed by atoms with Gasteiger partial charge in [0.2, 0.25) is 0 Å². The van der Waals surface area contributed by atoms with Crippen molar-refractivity contribution in [3.63, 3.8) is 0 Å². The first-order valence-electron chi connectivity index (χ1n) is 6.80. The second-order valence-corrected chi connectivity index (χ2v) is 6.06. The van der Waals surface area contributed by atoms with Crippen LogP contribution in [-0.4, -0.2) is 11.1 Å². The number of hydrogen-bond donors (Lipinski definition) is 0. The van der Waals surface area contributed by atoms with Gasteiger partial charge in [0.05, 0.1) is 16.3 Å². The van der Waals surface area contributed by atoms with E-state index in [9.17, 15) is 0 Å². The minimum absolute atomic E-state index is 0.0893. The van der Waals surface area contributed by atoms with Gasteiger partial charge in [-0.05, 0) is 31.5 Å². The third kappa shape index (κ3) is 2.74. The van der Waals surface area contributed by atoms with Crippen LogP contribution in [0.2, 0.25) is 0 Å². The summed E-state index contributed by atoms with van der Waals surface area (Å²) in [5.41, 5.74) is 2.20. The molecule has 0 spiro atoms. The first-order valence-corrected chi connectivity index (χ1v) is 7.61. The maximum Gasteiger partial charge on any atom is 0.134 e. The predicted octanol–water partition coefficient (Wildman–Crippen LogP) is 4.81. The molecule has 3 heteroatoms. The van der Waals surface area contributed by atoms with Crippen LogP contribution in [-0.2, 0) is 4.74 Å². The zero-order valence-electron chi connectivity index (χ0n) is 11.6. The Morgan fingerprint density at radius 1 is 0.950 bits per heavy atom. The zero-order valence-corrected chi connectivity index (χ0v) is 12.4. The molecule has 1 heterocycles. The lowest BCUT2D eigenvalue weighted by atomic mass is 10.1. The van der Waals surface area contributed by atoms with E-state index in [-0.39, 0.29) is 12.2 Å². The highest BCUT2D eigenvalue weighted by atomic mass is 32.1. The highest BCUT2D eigenvalue weighted by Crippen LogP contribution is 2.33. The number of hydrogen-bond acceptors (Lipinski definition) is 3. The van der Waals surface area contributed by atoms with Crippen molar-refractivity contribution in [1.29, 1.82) is 0 Å². The van der Waals surface area contributed by atoms with Crippen molar-refractivity contribution in [3.05, 3.63) is 65.2 Å². The molecule has 0 aliphatic heterocycles. The van der Waals surface area contributed by atoms with E-state index in [2.05, 4.69) is 32.0 Å². The molecule has 2 aromatic carbocycles. The van der Waals surface area contributed by atoms with E-state index in [4.69, 9.17) is 9.72 Å². The molecule has 0 N–H and O–H groups in total. The molecule has 2 nitrogen and oxygen atoms in total. The Hall–Kier alpha value is -1.71. The number of thiazole rings is 1. The Labute approximate surface area is 123 Å². The van der Waals surface area contributed by atoms with E-state index in [0.29, 0.717) is 0 Å². The zero-order chi connectivity index (χ0) is 13.9. The summed E-state index contributed by atoms with van der Waals surface area (Å²) in [7, 11) is 0. The van der Waals surface area contributed by atoms with E-state index in [1.54, 1.807) is 11.3 Å². The topological polar surface area (TPSA) is 22.1 Å². The normalized spacial score (nSPS) is 12.9. The van der Waals surface area contributed by atoms with Gasteiger partial charge in [-0.2, -0.15) is 0 Å². The first-order chi connectivity index (χ1) is 9.74. The summed E-state index contributed by atoms with van der Waals surface area (Å²) < 4.78 is 7.30. The molecule has 0 saturated heterocycles. The number of benzene rings is 2. The maximum atomic E-state index is 6.10. The summed E-state index contributed by atoms with van der Waals surface area (Å²) in [5, 5.41) is 1.02. The molecule has 1 unspecified atom stereocenters. The number of aromatic nitrogens is 1. The van der Waals surface area contributed by atoms with Crippen LogP contribution in [0.15, 0.2) is 54.6 Å². The van der Waals surface area contributed by atoms with Gasteiger partial charge in [-0.15, -0.1) is 11.3 Å². The van der Waals surface area contributed by atoms with Crippen LogP contribution in [0.1, 0.15) is 30.5 Å². The number of rotatable bonds is 4. The summed E-state index contributed by atoms with van der Waals surface area (Å²) in [6, 6.07) is 18.5. The minimum atomic E-state index is -0.0893. The van der Waals surface area contributed by atoms with Crippen molar-refractivity contribution >= 4 is 21.6 Å². The highest BCUT2D eigenvalue weighted by Gasteiger charge is 2.20. The quantitative estimate of drug-likeness (QED) is 0.685. The summed E-state index contributed by atoms with van der Waals surface area (Å²) in [6.07, 6.45) is 0.0702. The number of ether oxygens (including phenoxy) is 1. The Balaban J connectivity index is 2.04. The summed E-state index contributed by atoms with van der Waals surface area (Å²) in [5.74, 6) is 0. The van der Waals surface area contributed by atoms with Crippen molar-refractivity contribution in [1.82, 2.24) is 4.98 Å². The molecule has 0 radical (unpaired) electrons. The second-order valence-electron chi connectivity index (χ2n) is 5.00. The molecular weight excluding hydrogens is 266 g/mol. The van der Waals surface area contributed by atoms with Gasteiger partial charge in [-0.3, -0.25) is 0 Å².